The van der Waals surface area contributed by atoms with Gasteiger partial charge < -0.3 is 14.0 Å². The zero-order valence-electron chi connectivity index (χ0n) is 12.4. The SMILES string of the molecule is COC(=O)[C@@H](C)Sc1nnc(COc2ccc(Cl)cc2)n1C. The van der Waals surface area contributed by atoms with Crippen molar-refractivity contribution in [1.29, 1.82) is 0 Å². The van der Waals surface area contributed by atoms with Gasteiger partial charge in [0, 0.05) is 12.1 Å². The highest BCUT2D eigenvalue weighted by molar-refractivity contribution is 8.00. The first-order chi connectivity index (χ1) is 10.5. The molecule has 8 heteroatoms. The molecule has 22 heavy (non-hydrogen) atoms. The summed E-state index contributed by atoms with van der Waals surface area (Å²) in [6.45, 7) is 2.04. The summed E-state index contributed by atoms with van der Waals surface area (Å²) in [6.07, 6.45) is 0. The average Bonchev–Trinajstić information content (AvgIpc) is 2.86. The number of hydrogen-bond acceptors (Lipinski definition) is 6. The van der Waals surface area contributed by atoms with Gasteiger partial charge in [0.25, 0.3) is 0 Å². The molecule has 0 amide bonds. The van der Waals surface area contributed by atoms with Crippen LogP contribution in [-0.4, -0.2) is 33.1 Å². The van der Waals surface area contributed by atoms with Gasteiger partial charge in [0.1, 0.15) is 17.6 Å². The Balaban J connectivity index is 1.98. The van der Waals surface area contributed by atoms with Crippen LogP contribution in [0, 0.1) is 0 Å². The van der Waals surface area contributed by atoms with E-state index in [1.54, 1.807) is 35.8 Å². The van der Waals surface area contributed by atoms with E-state index in [2.05, 4.69) is 10.2 Å². The molecule has 1 heterocycles. The molecule has 1 aromatic carbocycles. The number of ether oxygens (including phenoxy) is 2. The number of carbonyl (C=O) groups is 1. The summed E-state index contributed by atoms with van der Waals surface area (Å²) in [4.78, 5) is 11.4. The summed E-state index contributed by atoms with van der Waals surface area (Å²) >= 11 is 7.11. The lowest BCUT2D eigenvalue weighted by Gasteiger charge is -2.09. The summed E-state index contributed by atoms with van der Waals surface area (Å²) in [7, 11) is 3.19. The average molecular weight is 342 g/mol. The van der Waals surface area contributed by atoms with Gasteiger partial charge in [-0.05, 0) is 31.2 Å². The quantitative estimate of drug-likeness (QED) is 0.594. The third kappa shape index (κ3) is 4.14. The molecule has 0 radical (unpaired) electrons. The lowest BCUT2D eigenvalue weighted by molar-refractivity contribution is -0.139. The van der Waals surface area contributed by atoms with E-state index in [4.69, 9.17) is 21.1 Å². The Morgan fingerprint density at radius 3 is 2.68 bits per heavy atom. The van der Waals surface area contributed by atoms with E-state index in [-0.39, 0.29) is 17.8 Å². The van der Waals surface area contributed by atoms with E-state index in [0.717, 1.165) is 0 Å². The molecule has 0 unspecified atom stereocenters. The van der Waals surface area contributed by atoms with Crippen LogP contribution >= 0.6 is 23.4 Å². The van der Waals surface area contributed by atoms with E-state index in [1.165, 1.54) is 18.9 Å². The maximum atomic E-state index is 11.4. The molecule has 2 aromatic rings. The van der Waals surface area contributed by atoms with Crippen LogP contribution in [0.25, 0.3) is 0 Å². The van der Waals surface area contributed by atoms with Crippen LogP contribution in [0.1, 0.15) is 12.7 Å². The van der Waals surface area contributed by atoms with Gasteiger partial charge >= 0.3 is 5.97 Å². The molecule has 0 aliphatic rings. The number of aromatic nitrogens is 3. The van der Waals surface area contributed by atoms with Crippen molar-refractivity contribution in [3.05, 3.63) is 35.1 Å². The van der Waals surface area contributed by atoms with E-state index in [1.807, 2.05) is 7.05 Å². The van der Waals surface area contributed by atoms with Crippen molar-refractivity contribution in [1.82, 2.24) is 14.8 Å². The number of halogens is 1. The highest BCUT2D eigenvalue weighted by Crippen LogP contribution is 2.23. The first-order valence-corrected chi connectivity index (χ1v) is 7.78. The van der Waals surface area contributed by atoms with Crippen LogP contribution in [0.4, 0.5) is 0 Å². The second kappa shape index (κ2) is 7.51. The minimum absolute atomic E-state index is 0.276. The molecule has 0 aliphatic heterocycles. The Hall–Kier alpha value is -1.73. The molecule has 0 saturated carbocycles. The van der Waals surface area contributed by atoms with Crippen LogP contribution in [0.2, 0.25) is 5.02 Å². The lowest BCUT2D eigenvalue weighted by Crippen LogP contribution is -2.15. The minimum atomic E-state index is -0.349. The molecule has 0 bridgehead atoms. The van der Waals surface area contributed by atoms with Crippen LogP contribution in [-0.2, 0) is 23.2 Å². The van der Waals surface area contributed by atoms with Crippen LogP contribution < -0.4 is 4.74 Å². The first kappa shape index (κ1) is 16.6. The van der Waals surface area contributed by atoms with Crippen LogP contribution in [0.3, 0.4) is 0 Å². The number of hydrogen-bond donors (Lipinski definition) is 0. The fourth-order valence-electron chi connectivity index (χ4n) is 1.62. The highest BCUT2D eigenvalue weighted by atomic mass is 35.5. The smallest absolute Gasteiger partial charge is 0.318 e. The maximum Gasteiger partial charge on any atom is 0.318 e. The Morgan fingerprint density at radius 1 is 1.36 bits per heavy atom. The van der Waals surface area contributed by atoms with Gasteiger partial charge in [0.05, 0.1) is 7.11 Å². The van der Waals surface area contributed by atoms with Crippen molar-refractivity contribution in [3.63, 3.8) is 0 Å². The molecule has 118 valence electrons. The molecule has 1 aromatic heterocycles. The summed E-state index contributed by atoms with van der Waals surface area (Å²) in [5.74, 6) is 1.06. The Morgan fingerprint density at radius 2 is 2.05 bits per heavy atom. The normalized spacial score (nSPS) is 12.0. The maximum absolute atomic E-state index is 11.4. The zero-order chi connectivity index (χ0) is 16.1. The minimum Gasteiger partial charge on any atom is -0.486 e. The first-order valence-electron chi connectivity index (χ1n) is 6.52. The monoisotopic (exact) mass is 341 g/mol. The van der Waals surface area contributed by atoms with Crippen molar-refractivity contribution in [2.45, 2.75) is 23.9 Å². The number of benzene rings is 1. The van der Waals surface area contributed by atoms with Gasteiger partial charge in [-0.3, -0.25) is 4.79 Å². The number of nitrogens with zero attached hydrogens (tertiary/aromatic N) is 3. The molecular formula is C14H16ClN3O3S. The molecular weight excluding hydrogens is 326 g/mol. The number of thioether (sulfide) groups is 1. The van der Waals surface area contributed by atoms with Gasteiger partial charge in [-0.25, -0.2) is 0 Å². The standard InChI is InChI=1S/C14H16ClN3O3S/c1-9(13(19)20-3)22-14-17-16-12(18(14)2)8-21-11-6-4-10(15)5-7-11/h4-7,9H,8H2,1-3H3/t9-/m1/s1. The molecule has 6 nitrogen and oxygen atoms in total. The van der Waals surface area contributed by atoms with Crippen molar-refractivity contribution < 1.29 is 14.3 Å². The summed E-state index contributed by atoms with van der Waals surface area (Å²) < 4.78 is 12.1. The van der Waals surface area contributed by atoms with Gasteiger partial charge in [-0.1, -0.05) is 23.4 Å². The summed E-state index contributed by atoms with van der Waals surface area (Å²) in [5, 5.41) is 9.08. The Labute approximate surface area is 137 Å². The third-order valence-corrected chi connectivity index (χ3v) is 4.29. The third-order valence-electron chi connectivity index (χ3n) is 2.92. The Kier molecular flexibility index (Phi) is 5.68. The molecule has 0 aliphatic carbocycles. The largest absolute Gasteiger partial charge is 0.486 e. The van der Waals surface area contributed by atoms with E-state index < -0.39 is 0 Å². The molecule has 2 rings (SSSR count). The second-order valence-corrected chi connectivity index (χ2v) is 6.23. The molecule has 1 atom stereocenters. The number of esters is 1. The molecule has 0 spiro atoms. The predicted octanol–water partition coefficient (Wildman–Crippen LogP) is 2.70. The van der Waals surface area contributed by atoms with Crippen LogP contribution in [0.5, 0.6) is 5.75 Å². The van der Waals surface area contributed by atoms with E-state index in [0.29, 0.717) is 21.8 Å². The van der Waals surface area contributed by atoms with Gasteiger partial charge in [0.15, 0.2) is 11.0 Å². The van der Waals surface area contributed by atoms with Crippen molar-refractivity contribution in [3.8, 4) is 5.75 Å². The Bertz CT molecular complexity index is 645. The zero-order valence-corrected chi connectivity index (χ0v) is 14.0. The number of carbonyl (C=O) groups excluding carboxylic acids is 1. The molecule has 0 fully saturated rings. The fourth-order valence-corrected chi connectivity index (χ4v) is 2.61. The summed E-state index contributed by atoms with van der Waals surface area (Å²) in [6, 6.07) is 7.08. The van der Waals surface area contributed by atoms with Crippen LogP contribution in [0.15, 0.2) is 29.4 Å². The fraction of sp³-hybridized carbons (Fsp3) is 0.357. The van der Waals surface area contributed by atoms with E-state index >= 15 is 0 Å². The molecule has 0 saturated heterocycles. The highest BCUT2D eigenvalue weighted by Gasteiger charge is 2.19. The summed E-state index contributed by atoms with van der Waals surface area (Å²) in [5.41, 5.74) is 0. The number of rotatable bonds is 6. The van der Waals surface area contributed by atoms with Crippen molar-refractivity contribution in [2.24, 2.45) is 7.05 Å². The number of methoxy groups -OCH3 is 1. The van der Waals surface area contributed by atoms with Gasteiger partial charge in [-0.2, -0.15) is 0 Å². The predicted molar refractivity (Wildman–Crippen MR) is 84.1 cm³/mol. The lowest BCUT2D eigenvalue weighted by atomic mass is 10.3. The molecule has 0 N–H and O–H groups in total. The van der Waals surface area contributed by atoms with Crippen molar-refractivity contribution >= 4 is 29.3 Å². The second-order valence-electron chi connectivity index (χ2n) is 4.48. The van der Waals surface area contributed by atoms with Gasteiger partial charge in [-0.15, -0.1) is 10.2 Å². The topological polar surface area (TPSA) is 66.2 Å². The van der Waals surface area contributed by atoms with E-state index in [9.17, 15) is 4.79 Å². The van der Waals surface area contributed by atoms with Crippen molar-refractivity contribution in [2.75, 3.05) is 7.11 Å². The van der Waals surface area contributed by atoms with Gasteiger partial charge in [0.2, 0.25) is 0 Å².